The monoisotopic (exact) mass is 639 g/mol. The molecular weight excluding hydrogens is 579 g/mol. The van der Waals surface area contributed by atoms with Crippen LogP contribution in [0.15, 0.2) is 42.0 Å². The number of carbonyl (C=O) groups excluding carboxylic acids is 2. The van der Waals surface area contributed by atoms with Crippen molar-refractivity contribution in [2.75, 3.05) is 11.5 Å². The molecule has 0 aromatic heterocycles. The molecule has 0 bridgehead atoms. The van der Waals surface area contributed by atoms with Crippen LogP contribution in [-0.2, 0) is 18.4 Å². The largest absolute Gasteiger partial charge is 0.415 e. The second kappa shape index (κ2) is 11.9. The first-order chi connectivity index (χ1) is 20.3. The molecule has 7 heteroatoms. The summed E-state index contributed by atoms with van der Waals surface area (Å²) in [5.41, 5.74) is 2.76. The molecule has 44 heavy (non-hydrogen) atoms. The van der Waals surface area contributed by atoms with E-state index in [2.05, 4.69) is 103 Å². The number of carbonyl (C=O) groups is 2. The maximum absolute atomic E-state index is 14.9. The third-order valence-corrected chi connectivity index (χ3v) is 24.7. The van der Waals surface area contributed by atoms with Crippen LogP contribution in [0.25, 0.3) is 0 Å². The van der Waals surface area contributed by atoms with E-state index >= 15 is 0 Å². The number of hydrogen-bond donors (Lipinski definition) is 0. The highest BCUT2D eigenvalue weighted by atomic mass is 28.4. The molecule has 0 radical (unpaired) electrons. The Hall–Kier alpha value is -1.55. The van der Waals surface area contributed by atoms with Crippen molar-refractivity contribution in [3.8, 4) is 0 Å². The Morgan fingerprint density at radius 1 is 0.841 bits per heavy atom. The lowest BCUT2D eigenvalue weighted by Crippen LogP contribution is -2.59. The third-order valence-electron chi connectivity index (χ3n) is 11.9. The molecule has 5 nitrogen and oxygen atoms in total. The molecule has 1 aliphatic carbocycles. The van der Waals surface area contributed by atoms with E-state index in [1.165, 1.54) is 10.5 Å². The lowest BCUT2D eigenvalue weighted by molar-refractivity contribution is -0.123. The molecule has 0 spiro atoms. The number of amides is 2. The Kier molecular flexibility index (Phi) is 9.56. The minimum Gasteiger partial charge on any atom is -0.415 e. The molecular formula is C37H61NO4Si2. The summed E-state index contributed by atoms with van der Waals surface area (Å²) in [6.45, 7) is 32.7. The van der Waals surface area contributed by atoms with Crippen molar-refractivity contribution in [2.45, 2.75) is 148 Å². The summed E-state index contributed by atoms with van der Waals surface area (Å²) in [5.74, 6) is -1.21. The summed E-state index contributed by atoms with van der Waals surface area (Å²) < 4.78 is 14.9. The molecule has 2 amide bonds. The summed E-state index contributed by atoms with van der Waals surface area (Å²) in [5, 5.41) is -0.319. The van der Waals surface area contributed by atoms with Crippen molar-refractivity contribution in [1.29, 1.82) is 0 Å². The van der Waals surface area contributed by atoms with E-state index in [1.54, 1.807) is 0 Å². The van der Waals surface area contributed by atoms with Gasteiger partial charge in [-0.3, -0.25) is 14.5 Å². The van der Waals surface area contributed by atoms with E-state index in [0.29, 0.717) is 28.9 Å². The topological polar surface area (TPSA) is 55.8 Å². The summed E-state index contributed by atoms with van der Waals surface area (Å²) >= 11 is 0. The highest BCUT2D eigenvalue weighted by molar-refractivity contribution is 6.82. The lowest BCUT2D eigenvalue weighted by Gasteiger charge is -2.53. The summed E-state index contributed by atoms with van der Waals surface area (Å²) in [6, 6.07) is 9.55. The van der Waals surface area contributed by atoms with Gasteiger partial charge in [0.05, 0.1) is 23.1 Å². The summed E-state index contributed by atoms with van der Waals surface area (Å²) in [6.07, 6.45) is 4.11. The molecule has 0 unspecified atom stereocenters. The first-order valence-corrected chi connectivity index (χ1v) is 21.4. The number of hydrogen-bond acceptors (Lipinski definition) is 4. The maximum atomic E-state index is 14.9. The van der Waals surface area contributed by atoms with Crippen molar-refractivity contribution in [3.63, 3.8) is 0 Å². The molecule has 2 saturated heterocycles. The van der Waals surface area contributed by atoms with Gasteiger partial charge in [-0.05, 0) is 57.2 Å². The van der Waals surface area contributed by atoms with Gasteiger partial charge >= 0.3 is 0 Å². The number of nitrogens with zero attached hydrogens (tertiary/aromatic N) is 1. The molecule has 246 valence electrons. The lowest BCUT2D eigenvalue weighted by atomic mass is 9.69. The van der Waals surface area contributed by atoms with Crippen LogP contribution in [0.5, 0.6) is 0 Å². The van der Waals surface area contributed by atoms with Crippen molar-refractivity contribution < 1.29 is 18.4 Å². The molecule has 2 aliphatic heterocycles. The van der Waals surface area contributed by atoms with Crippen molar-refractivity contribution in [3.05, 3.63) is 42.0 Å². The fourth-order valence-electron chi connectivity index (χ4n) is 10.4. The minimum absolute atomic E-state index is 0.0520. The van der Waals surface area contributed by atoms with Gasteiger partial charge in [0.2, 0.25) is 20.1 Å². The Balaban J connectivity index is 2.00. The zero-order valence-electron chi connectivity index (χ0n) is 30.2. The number of imide groups is 1. The van der Waals surface area contributed by atoms with Crippen LogP contribution in [0.4, 0.5) is 5.69 Å². The Morgan fingerprint density at radius 2 is 1.32 bits per heavy atom. The molecule has 0 saturated carbocycles. The predicted octanol–water partition coefficient (Wildman–Crippen LogP) is 10.0. The van der Waals surface area contributed by atoms with E-state index in [-0.39, 0.29) is 33.3 Å². The van der Waals surface area contributed by atoms with Gasteiger partial charge in [0, 0.05) is 18.1 Å². The highest BCUT2D eigenvalue weighted by Crippen LogP contribution is 2.72. The van der Waals surface area contributed by atoms with Crippen molar-refractivity contribution in [1.82, 2.24) is 0 Å². The Bertz CT molecular complexity index is 1220. The van der Waals surface area contributed by atoms with Crippen LogP contribution in [0.3, 0.4) is 0 Å². The van der Waals surface area contributed by atoms with E-state index in [4.69, 9.17) is 8.85 Å². The van der Waals surface area contributed by atoms with Crippen LogP contribution in [-0.4, -0.2) is 40.7 Å². The second-order valence-corrected chi connectivity index (χ2v) is 27.6. The molecule has 4 atom stereocenters. The number of para-hydroxylation sites is 1. The zero-order chi connectivity index (χ0) is 33.2. The molecule has 1 aromatic rings. The van der Waals surface area contributed by atoms with Gasteiger partial charge in [-0.2, -0.15) is 0 Å². The van der Waals surface area contributed by atoms with Gasteiger partial charge in [-0.1, -0.05) is 121 Å². The SMILES string of the molecule is CCC1(CC)O[Si](C(C)(C)C)(C(C)(C)C)[C@H]2C1=C[C@@H](CO[Si](C(C)C)(C(C)C)C(C)C)[C@@H]1C(=O)N(c3ccccc3)C(=O)[C@@H]12. The van der Waals surface area contributed by atoms with Gasteiger partial charge in [0.15, 0.2) is 8.32 Å². The van der Waals surface area contributed by atoms with E-state index in [9.17, 15) is 9.59 Å². The maximum Gasteiger partial charge on any atom is 0.238 e. The smallest absolute Gasteiger partial charge is 0.238 e. The van der Waals surface area contributed by atoms with Crippen molar-refractivity contribution in [2.24, 2.45) is 17.8 Å². The summed E-state index contributed by atoms with van der Waals surface area (Å²) in [4.78, 5) is 31.1. The van der Waals surface area contributed by atoms with Gasteiger partial charge in [-0.15, -0.1) is 0 Å². The van der Waals surface area contributed by atoms with Crippen LogP contribution >= 0.6 is 0 Å². The second-order valence-electron chi connectivity index (χ2n) is 16.8. The quantitative estimate of drug-likeness (QED) is 0.153. The zero-order valence-corrected chi connectivity index (χ0v) is 32.2. The molecule has 1 aromatic carbocycles. The number of anilines is 1. The van der Waals surface area contributed by atoms with Gasteiger partial charge < -0.3 is 8.85 Å². The van der Waals surface area contributed by atoms with E-state index in [1.807, 2.05) is 30.3 Å². The Morgan fingerprint density at radius 3 is 1.75 bits per heavy atom. The highest BCUT2D eigenvalue weighted by Gasteiger charge is 2.75. The fourth-order valence-corrected chi connectivity index (χ4v) is 23.4. The number of fused-ring (bicyclic) bond motifs is 3. The van der Waals surface area contributed by atoms with Gasteiger partial charge in [-0.25, -0.2) is 0 Å². The number of rotatable bonds is 9. The van der Waals surface area contributed by atoms with Crippen LogP contribution in [0.2, 0.25) is 32.2 Å². The standard InChI is InChI=1S/C37H61NO4Si2/c1-15-37(16-2)29-22-27(23-41-43(24(3)4,25(5)6)26(7)8)30-31(32(29)44(42-37,35(9,10)11)36(12,13)14)34(40)38(33(30)39)28-20-18-17-19-21-28/h17-22,24-27,30-32H,15-16,23H2,1-14H3/t27-,30-,31-,32-/m0/s1. The van der Waals surface area contributed by atoms with Gasteiger partial charge in [0.1, 0.15) is 0 Å². The molecule has 0 N–H and O–H groups in total. The van der Waals surface area contributed by atoms with E-state index in [0.717, 1.165) is 12.8 Å². The fraction of sp³-hybridized carbons (Fsp3) is 0.730. The molecule has 2 fully saturated rings. The first-order valence-electron chi connectivity index (χ1n) is 17.3. The first kappa shape index (κ1) is 35.3. The normalized spacial score (nSPS) is 26.9. The molecule has 2 heterocycles. The number of benzene rings is 1. The van der Waals surface area contributed by atoms with E-state index < -0.39 is 34.1 Å². The van der Waals surface area contributed by atoms with Gasteiger partial charge in [0.25, 0.3) is 0 Å². The molecule has 4 rings (SSSR count). The summed E-state index contributed by atoms with van der Waals surface area (Å²) in [7, 11) is -5.02. The predicted molar refractivity (Wildman–Crippen MR) is 188 cm³/mol. The van der Waals surface area contributed by atoms with Crippen LogP contribution < -0.4 is 4.90 Å². The van der Waals surface area contributed by atoms with Crippen LogP contribution in [0.1, 0.15) is 110 Å². The average molecular weight is 640 g/mol. The minimum atomic E-state index is -2.81. The van der Waals surface area contributed by atoms with Crippen molar-refractivity contribution >= 4 is 34.1 Å². The van der Waals surface area contributed by atoms with Crippen LogP contribution in [0, 0.1) is 17.8 Å². The average Bonchev–Trinajstić information content (AvgIpc) is 3.38. The Labute approximate surface area is 270 Å². The third kappa shape index (κ3) is 4.98. The molecule has 3 aliphatic rings.